The van der Waals surface area contributed by atoms with E-state index < -0.39 is 0 Å². The van der Waals surface area contributed by atoms with E-state index in [9.17, 15) is 0 Å². The topological polar surface area (TPSA) is 9.23 Å². The zero-order chi connectivity index (χ0) is 23.2. The largest absolute Gasteiger partial charge is 0.455 e. The molecule has 166 valence electrons. The first-order valence-electron chi connectivity index (χ1n) is 12.3. The second kappa shape index (κ2) is 8.14. The van der Waals surface area contributed by atoms with Crippen molar-refractivity contribution in [1.82, 2.24) is 0 Å². The Hall–Kier alpha value is -4.36. The van der Waals surface area contributed by atoms with Gasteiger partial charge in [-0.1, -0.05) is 109 Å². The maximum absolute atomic E-state index is 6.89. The average molecular weight is 449 g/mol. The lowest BCUT2D eigenvalue weighted by Gasteiger charge is -2.19. The van der Waals surface area contributed by atoms with Gasteiger partial charge in [0.25, 0.3) is 0 Å². The smallest absolute Gasteiger partial charge is 0.142 e. The van der Waals surface area contributed by atoms with Crippen LogP contribution >= 0.6 is 0 Å². The van der Waals surface area contributed by atoms with Gasteiger partial charge in [0.1, 0.15) is 11.5 Å². The number of benzene rings is 6. The highest BCUT2D eigenvalue weighted by molar-refractivity contribution is 6.16. The van der Waals surface area contributed by atoms with Crippen LogP contribution in [0.1, 0.15) is 12.8 Å². The summed E-state index contributed by atoms with van der Waals surface area (Å²) < 4.78 is 6.89. The van der Waals surface area contributed by atoms with Crippen LogP contribution in [0.2, 0.25) is 0 Å². The SMILES string of the molecule is C1=c2c(Oc3cccc4ccccc34)c3ccc4ccccc4c3c(-c3ccccc3)c2=CCC1. The molecule has 6 aromatic rings. The molecule has 0 aliphatic heterocycles. The standard InChI is InChI=1S/C34H24O/c1-2-13-25(14-3-1)32-28-18-8-9-19-29(28)34(30-22-21-24-12-5-7-17-27(24)33(30)32)35-31-20-10-15-23-11-4-6-16-26(23)31/h1-7,10-22H,8-9H2. The number of hydrogen-bond acceptors (Lipinski definition) is 1. The molecule has 1 aliphatic rings. The lowest BCUT2D eigenvalue weighted by Crippen LogP contribution is -2.31. The molecule has 0 heterocycles. The highest BCUT2D eigenvalue weighted by Crippen LogP contribution is 2.38. The molecule has 0 N–H and O–H groups in total. The normalized spacial score (nSPS) is 12.8. The molecular weight excluding hydrogens is 424 g/mol. The summed E-state index contributed by atoms with van der Waals surface area (Å²) in [6.45, 7) is 0. The Balaban J connectivity index is 1.64. The zero-order valence-electron chi connectivity index (χ0n) is 19.4. The van der Waals surface area contributed by atoms with E-state index in [0.29, 0.717) is 0 Å². The molecule has 0 saturated heterocycles. The van der Waals surface area contributed by atoms with Crippen molar-refractivity contribution < 1.29 is 4.74 Å². The lowest BCUT2D eigenvalue weighted by atomic mass is 9.88. The number of hydrogen-bond donors (Lipinski definition) is 0. The molecule has 1 aliphatic carbocycles. The van der Waals surface area contributed by atoms with Crippen LogP contribution in [0.25, 0.3) is 55.6 Å². The monoisotopic (exact) mass is 448 g/mol. The quantitative estimate of drug-likeness (QED) is 0.250. The van der Waals surface area contributed by atoms with Gasteiger partial charge in [-0.3, -0.25) is 0 Å². The third-order valence-electron chi connectivity index (χ3n) is 7.12. The summed E-state index contributed by atoms with van der Waals surface area (Å²) in [4.78, 5) is 0. The Bertz CT molecular complexity index is 1860. The maximum atomic E-state index is 6.89. The minimum atomic E-state index is 0.895. The van der Waals surface area contributed by atoms with Gasteiger partial charge >= 0.3 is 0 Å². The second-order valence-electron chi connectivity index (χ2n) is 9.17. The fourth-order valence-corrected chi connectivity index (χ4v) is 5.55. The summed E-state index contributed by atoms with van der Waals surface area (Å²) in [7, 11) is 0. The average Bonchev–Trinajstić information content (AvgIpc) is 2.93. The van der Waals surface area contributed by atoms with Gasteiger partial charge in [-0.15, -0.1) is 0 Å². The Morgan fingerprint density at radius 1 is 0.486 bits per heavy atom. The van der Waals surface area contributed by atoms with Crippen molar-refractivity contribution in [2.24, 2.45) is 0 Å². The van der Waals surface area contributed by atoms with Crippen molar-refractivity contribution >= 4 is 44.5 Å². The van der Waals surface area contributed by atoms with Crippen molar-refractivity contribution in [2.45, 2.75) is 12.8 Å². The van der Waals surface area contributed by atoms with E-state index in [2.05, 4.69) is 121 Å². The molecule has 35 heavy (non-hydrogen) atoms. The molecule has 0 unspecified atom stereocenters. The first-order chi connectivity index (χ1) is 17.4. The van der Waals surface area contributed by atoms with Crippen molar-refractivity contribution in [1.29, 1.82) is 0 Å². The summed E-state index contributed by atoms with van der Waals surface area (Å²) in [6.07, 6.45) is 6.81. The molecule has 1 heteroatoms. The van der Waals surface area contributed by atoms with Gasteiger partial charge in [-0.2, -0.15) is 0 Å². The van der Waals surface area contributed by atoms with Crippen LogP contribution in [0.4, 0.5) is 0 Å². The first kappa shape index (κ1) is 20.1. The van der Waals surface area contributed by atoms with Gasteiger partial charge in [0, 0.05) is 21.4 Å². The number of ether oxygens (including phenoxy) is 1. The van der Waals surface area contributed by atoms with Crippen LogP contribution in [0, 0.1) is 0 Å². The van der Waals surface area contributed by atoms with Gasteiger partial charge in [-0.25, -0.2) is 0 Å². The van der Waals surface area contributed by atoms with Crippen molar-refractivity contribution in [3.8, 4) is 22.6 Å². The highest BCUT2D eigenvalue weighted by Gasteiger charge is 2.18. The van der Waals surface area contributed by atoms with E-state index in [1.165, 1.54) is 43.1 Å². The summed E-state index contributed by atoms with van der Waals surface area (Å²) >= 11 is 0. The number of rotatable bonds is 3. The minimum Gasteiger partial charge on any atom is -0.455 e. The van der Waals surface area contributed by atoms with E-state index in [4.69, 9.17) is 4.74 Å². The molecule has 0 saturated carbocycles. The van der Waals surface area contributed by atoms with E-state index >= 15 is 0 Å². The van der Waals surface area contributed by atoms with Gasteiger partial charge in [0.05, 0.1) is 0 Å². The summed E-state index contributed by atoms with van der Waals surface area (Å²) in [6, 6.07) is 38.7. The lowest BCUT2D eigenvalue weighted by molar-refractivity contribution is 0.489. The fraction of sp³-hybridized carbons (Fsp3) is 0.0588. The Labute approximate surface area is 204 Å². The Morgan fingerprint density at radius 2 is 1.14 bits per heavy atom. The minimum absolute atomic E-state index is 0.895. The summed E-state index contributed by atoms with van der Waals surface area (Å²) in [5.41, 5.74) is 2.54. The Morgan fingerprint density at radius 3 is 1.97 bits per heavy atom. The third-order valence-corrected chi connectivity index (χ3v) is 7.12. The zero-order valence-corrected chi connectivity index (χ0v) is 19.4. The van der Waals surface area contributed by atoms with Crippen LogP contribution in [-0.2, 0) is 0 Å². The van der Waals surface area contributed by atoms with E-state index in [-0.39, 0.29) is 0 Å². The van der Waals surface area contributed by atoms with E-state index in [1.807, 2.05) is 0 Å². The predicted octanol–water partition coefficient (Wildman–Crippen LogP) is 7.96. The van der Waals surface area contributed by atoms with Crippen LogP contribution < -0.4 is 15.2 Å². The van der Waals surface area contributed by atoms with Crippen LogP contribution in [0.3, 0.4) is 0 Å². The third kappa shape index (κ3) is 3.24. The molecule has 0 bridgehead atoms. The molecule has 7 rings (SSSR count). The molecule has 0 atom stereocenters. The van der Waals surface area contributed by atoms with Crippen LogP contribution in [-0.4, -0.2) is 0 Å². The molecule has 6 aromatic carbocycles. The van der Waals surface area contributed by atoms with E-state index in [0.717, 1.165) is 35.1 Å². The molecular formula is C34H24O. The highest BCUT2D eigenvalue weighted by atomic mass is 16.5. The molecule has 0 amide bonds. The molecule has 0 fully saturated rings. The summed E-state index contributed by atoms with van der Waals surface area (Å²) in [5, 5.41) is 9.71. The van der Waals surface area contributed by atoms with Gasteiger partial charge in [0.15, 0.2) is 0 Å². The number of fused-ring (bicyclic) bond motifs is 5. The Kier molecular flexibility index (Phi) is 4.67. The first-order valence-corrected chi connectivity index (χ1v) is 12.3. The molecule has 0 radical (unpaired) electrons. The molecule has 1 nitrogen and oxygen atoms in total. The van der Waals surface area contributed by atoms with Crippen molar-refractivity contribution in [3.05, 3.63) is 120 Å². The van der Waals surface area contributed by atoms with Gasteiger partial charge in [0.2, 0.25) is 0 Å². The molecule has 0 aromatic heterocycles. The maximum Gasteiger partial charge on any atom is 0.142 e. The van der Waals surface area contributed by atoms with E-state index in [1.54, 1.807) is 0 Å². The molecule has 0 spiro atoms. The van der Waals surface area contributed by atoms with Crippen molar-refractivity contribution in [3.63, 3.8) is 0 Å². The van der Waals surface area contributed by atoms with Crippen molar-refractivity contribution in [2.75, 3.05) is 0 Å². The summed E-state index contributed by atoms with van der Waals surface area (Å²) in [5.74, 6) is 1.85. The van der Waals surface area contributed by atoms with Gasteiger partial charge in [-0.05, 0) is 57.5 Å². The van der Waals surface area contributed by atoms with Gasteiger partial charge < -0.3 is 4.74 Å². The van der Waals surface area contributed by atoms with Crippen LogP contribution in [0.15, 0.2) is 109 Å². The fourth-order valence-electron chi connectivity index (χ4n) is 5.55. The second-order valence-corrected chi connectivity index (χ2v) is 9.17. The predicted molar refractivity (Wildman–Crippen MR) is 148 cm³/mol. The van der Waals surface area contributed by atoms with Crippen LogP contribution in [0.5, 0.6) is 11.5 Å².